The van der Waals surface area contributed by atoms with E-state index in [0.717, 1.165) is 37.1 Å². The number of aryl methyl sites for hydroxylation is 1. The Kier molecular flexibility index (Phi) is 2.62. The van der Waals surface area contributed by atoms with Crippen molar-refractivity contribution >= 4 is 11.6 Å². The minimum Gasteiger partial charge on any atom is -0.328 e. The second-order valence-corrected chi connectivity index (χ2v) is 5.66. The van der Waals surface area contributed by atoms with Crippen LogP contribution in [-0.2, 0) is 17.8 Å². The third-order valence-electron chi connectivity index (χ3n) is 4.12. The van der Waals surface area contributed by atoms with E-state index in [1.54, 1.807) is 0 Å². The van der Waals surface area contributed by atoms with Crippen LogP contribution in [0.3, 0.4) is 0 Å². The maximum atomic E-state index is 11.7. The van der Waals surface area contributed by atoms with Gasteiger partial charge in [0.15, 0.2) is 0 Å². The molecule has 1 N–H and O–H groups in total. The van der Waals surface area contributed by atoms with E-state index in [1.165, 1.54) is 17.9 Å². The molecule has 0 unspecified atom stereocenters. The maximum Gasteiger partial charge on any atom is 0.227 e. The minimum absolute atomic E-state index is 0.156. The van der Waals surface area contributed by atoms with Gasteiger partial charge in [0.25, 0.3) is 0 Å². The highest BCUT2D eigenvalue weighted by Gasteiger charge is 2.29. The molecule has 20 heavy (non-hydrogen) atoms. The largest absolute Gasteiger partial charge is 0.328 e. The van der Waals surface area contributed by atoms with E-state index in [9.17, 15) is 4.79 Å². The number of imidazole rings is 1. The summed E-state index contributed by atoms with van der Waals surface area (Å²) >= 11 is 0. The summed E-state index contributed by atoms with van der Waals surface area (Å²) in [4.78, 5) is 16.2. The summed E-state index contributed by atoms with van der Waals surface area (Å²) in [5.74, 6) is 1.59. The SMILES string of the molecule is O=C(Nc1ccc(-c2cnc3n2CCC3)cc1)C1CC1. The number of nitrogens with zero attached hydrogens (tertiary/aromatic N) is 2. The van der Waals surface area contributed by atoms with Crippen LogP contribution in [-0.4, -0.2) is 15.5 Å². The normalized spacial score (nSPS) is 17.0. The number of fused-ring (bicyclic) bond motifs is 1. The summed E-state index contributed by atoms with van der Waals surface area (Å²) < 4.78 is 2.29. The smallest absolute Gasteiger partial charge is 0.227 e. The molecule has 1 saturated carbocycles. The number of amides is 1. The summed E-state index contributed by atoms with van der Waals surface area (Å²) in [5, 5.41) is 2.97. The first kappa shape index (κ1) is 11.7. The van der Waals surface area contributed by atoms with Crippen LogP contribution < -0.4 is 5.32 Å². The third-order valence-corrected chi connectivity index (χ3v) is 4.12. The van der Waals surface area contributed by atoms with E-state index in [2.05, 4.69) is 27.0 Å². The fraction of sp³-hybridized carbons (Fsp3) is 0.375. The Hall–Kier alpha value is -2.10. The van der Waals surface area contributed by atoms with Crippen molar-refractivity contribution in [2.45, 2.75) is 32.2 Å². The highest BCUT2D eigenvalue weighted by atomic mass is 16.2. The van der Waals surface area contributed by atoms with Gasteiger partial charge in [-0.25, -0.2) is 4.98 Å². The molecule has 4 nitrogen and oxygen atoms in total. The third kappa shape index (κ3) is 2.01. The molecule has 4 heteroatoms. The van der Waals surface area contributed by atoms with Gasteiger partial charge in [-0.2, -0.15) is 0 Å². The number of carbonyl (C=O) groups is 1. The molecule has 4 rings (SSSR count). The molecule has 1 aliphatic carbocycles. The van der Waals surface area contributed by atoms with Gasteiger partial charge in [0.05, 0.1) is 11.9 Å². The molecule has 0 spiro atoms. The van der Waals surface area contributed by atoms with E-state index >= 15 is 0 Å². The minimum atomic E-state index is 0.156. The molecular weight excluding hydrogens is 250 g/mol. The van der Waals surface area contributed by atoms with E-state index in [0.29, 0.717) is 0 Å². The van der Waals surface area contributed by atoms with E-state index < -0.39 is 0 Å². The zero-order chi connectivity index (χ0) is 13.5. The number of carbonyl (C=O) groups excluding carboxylic acids is 1. The quantitative estimate of drug-likeness (QED) is 0.929. The maximum absolute atomic E-state index is 11.7. The van der Waals surface area contributed by atoms with Crippen molar-refractivity contribution in [2.24, 2.45) is 5.92 Å². The standard InChI is InChI=1S/C16H17N3O/c20-16(12-3-4-12)18-13-7-5-11(6-8-13)14-10-17-15-2-1-9-19(14)15/h5-8,10,12H,1-4,9H2,(H,18,20). The highest BCUT2D eigenvalue weighted by molar-refractivity contribution is 5.94. The number of benzene rings is 1. The first-order valence-corrected chi connectivity index (χ1v) is 7.27. The van der Waals surface area contributed by atoms with Crippen molar-refractivity contribution in [3.8, 4) is 11.3 Å². The van der Waals surface area contributed by atoms with Crippen LogP contribution in [0.4, 0.5) is 5.69 Å². The summed E-state index contributed by atoms with van der Waals surface area (Å²) in [7, 11) is 0. The van der Waals surface area contributed by atoms with Gasteiger partial charge in [0.2, 0.25) is 5.91 Å². The van der Waals surface area contributed by atoms with Crippen molar-refractivity contribution in [3.63, 3.8) is 0 Å². The highest BCUT2D eigenvalue weighted by Crippen LogP contribution is 2.31. The second-order valence-electron chi connectivity index (χ2n) is 5.66. The molecule has 0 atom stereocenters. The molecule has 0 bridgehead atoms. The lowest BCUT2D eigenvalue weighted by atomic mass is 10.1. The molecule has 1 aromatic heterocycles. The van der Waals surface area contributed by atoms with Gasteiger partial charge in [-0.3, -0.25) is 4.79 Å². The second kappa shape index (κ2) is 4.47. The van der Waals surface area contributed by atoms with E-state index in [-0.39, 0.29) is 11.8 Å². The van der Waals surface area contributed by atoms with Crippen molar-refractivity contribution < 1.29 is 4.79 Å². The molecule has 0 saturated heterocycles. The van der Waals surface area contributed by atoms with Gasteiger partial charge in [0, 0.05) is 24.6 Å². The van der Waals surface area contributed by atoms with Gasteiger partial charge in [-0.1, -0.05) is 12.1 Å². The monoisotopic (exact) mass is 267 g/mol. The topological polar surface area (TPSA) is 46.9 Å². The number of anilines is 1. The molecule has 1 amide bonds. The summed E-state index contributed by atoms with van der Waals surface area (Å²) in [6.45, 7) is 1.06. The van der Waals surface area contributed by atoms with Crippen LogP contribution in [0.15, 0.2) is 30.5 Å². The average Bonchev–Trinajstić information content (AvgIpc) is 3.08. The average molecular weight is 267 g/mol. The Labute approximate surface area is 117 Å². The first-order chi connectivity index (χ1) is 9.81. The van der Waals surface area contributed by atoms with Crippen LogP contribution in [0.1, 0.15) is 25.1 Å². The lowest BCUT2D eigenvalue weighted by molar-refractivity contribution is -0.117. The zero-order valence-corrected chi connectivity index (χ0v) is 11.3. The first-order valence-electron chi connectivity index (χ1n) is 7.27. The van der Waals surface area contributed by atoms with Crippen LogP contribution in [0.25, 0.3) is 11.3 Å². The van der Waals surface area contributed by atoms with E-state index in [1.807, 2.05) is 18.3 Å². The Morgan fingerprint density at radius 2 is 2.05 bits per heavy atom. The lowest BCUT2D eigenvalue weighted by Gasteiger charge is -2.07. The lowest BCUT2D eigenvalue weighted by Crippen LogP contribution is -2.13. The van der Waals surface area contributed by atoms with Crippen molar-refractivity contribution in [2.75, 3.05) is 5.32 Å². The van der Waals surface area contributed by atoms with Crippen LogP contribution in [0.5, 0.6) is 0 Å². The van der Waals surface area contributed by atoms with Gasteiger partial charge in [0.1, 0.15) is 5.82 Å². The molecule has 2 aliphatic rings. The Morgan fingerprint density at radius 1 is 1.25 bits per heavy atom. The summed E-state index contributed by atoms with van der Waals surface area (Å²) in [6.07, 6.45) is 6.28. The molecular formula is C16H17N3O. The molecule has 1 fully saturated rings. The van der Waals surface area contributed by atoms with Crippen molar-refractivity contribution in [1.82, 2.24) is 9.55 Å². The van der Waals surface area contributed by atoms with Gasteiger partial charge in [-0.05, 0) is 37.0 Å². The molecule has 2 aromatic rings. The molecule has 1 aromatic carbocycles. The Balaban J connectivity index is 1.56. The fourth-order valence-corrected chi connectivity index (χ4v) is 2.80. The number of rotatable bonds is 3. The van der Waals surface area contributed by atoms with E-state index in [4.69, 9.17) is 0 Å². The molecule has 2 heterocycles. The molecule has 0 radical (unpaired) electrons. The van der Waals surface area contributed by atoms with Crippen LogP contribution in [0.2, 0.25) is 0 Å². The van der Waals surface area contributed by atoms with Crippen LogP contribution >= 0.6 is 0 Å². The number of nitrogens with one attached hydrogen (secondary N) is 1. The Morgan fingerprint density at radius 3 is 2.80 bits per heavy atom. The zero-order valence-electron chi connectivity index (χ0n) is 11.3. The number of aromatic nitrogens is 2. The van der Waals surface area contributed by atoms with Crippen molar-refractivity contribution in [3.05, 3.63) is 36.3 Å². The fourth-order valence-electron chi connectivity index (χ4n) is 2.80. The predicted octanol–water partition coefficient (Wildman–Crippen LogP) is 2.84. The summed E-state index contributed by atoms with van der Waals surface area (Å²) in [6, 6.07) is 8.07. The number of hydrogen-bond donors (Lipinski definition) is 1. The Bertz CT molecular complexity index is 653. The molecule has 102 valence electrons. The van der Waals surface area contributed by atoms with Gasteiger partial charge >= 0.3 is 0 Å². The predicted molar refractivity (Wildman–Crippen MR) is 77.3 cm³/mol. The van der Waals surface area contributed by atoms with Gasteiger partial charge in [-0.15, -0.1) is 0 Å². The van der Waals surface area contributed by atoms with Gasteiger partial charge < -0.3 is 9.88 Å². The molecule has 1 aliphatic heterocycles. The van der Waals surface area contributed by atoms with Crippen LogP contribution in [0, 0.1) is 5.92 Å². The summed E-state index contributed by atoms with van der Waals surface area (Å²) in [5.41, 5.74) is 3.22. The van der Waals surface area contributed by atoms with Crippen molar-refractivity contribution in [1.29, 1.82) is 0 Å². The number of hydrogen-bond acceptors (Lipinski definition) is 2.